The van der Waals surface area contributed by atoms with Crippen LogP contribution in [-0.2, 0) is 37.7 Å². The highest BCUT2D eigenvalue weighted by molar-refractivity contribution is 7.36. The van der Waals surface area contributed by atoms with E-state index >= 15 is 9.59 Å². The maximum Gasteiger partial charge on any atom is 0.333 e. The van der Waals surface area contributed by atoms with E-state index < -0.39 is 74.8 Å². The zero-order valence-corrected chi connectivity index (χ0v) is 39.7. The van der Waals surface area contributed by atoms with E-state index in [4.69, 9.17) is 9.47 Å². The molecule has 20 heteroatoms. The van der Waals surface area contributed by atoms with Gasteiger partial charge in [0.2, 0.25) is 17.0 Å². The number of benzene rings is 4. The maximum absolute atomic E-state index is 15.5. The van der Waals surface area contributed by atoms with Crippen LogP contribution in [0.25, 0.3) is 39.7 Å². The fourth-order valence-electron chi connectivity index (χ4n) is 8.98. The predicted molar refractivity (Wildman–Crippen MR) is 264 cm³/mol. The molecule has 4 heterocycles. The summed E-state index contributed by atoms with van der Waals surface area (Å²) in [5, 5.41) is 39.8. The summed E-state index contributed by atoms with van der Waals surface area (Å²) >= 11 is 4.24. The van der Waals surface area contributed by atoms with E-state index in [1.165, 1.54) is 22.7 Å². The zero-order valence-electron chi connectivity index (χ0n) is 36.4. The Hall–Kier alpha value is -9.02. The third-order valence-electron chi connectivity index (χ3n) is 12.1. The lowest BCUT2D eigenvalue weighted by atomic mass is 9.79. The summed E-state index contributed by atoms with van der Waals surface area (Å²) in [5.74, 6) is -9.18. The number of carbonyl (C=O) groups is 4. The van der Waals surface area contributed by atoms with Gasteiger partial charge in [0.05, 0.1) is 19.2 Å². The first-order valence-electron chi connectivity index (χ1n) is 21.2. The molecule has 0 fully saturated rings. The number of fused-ring (bicyclic) bond motifs is 9. The molecule has 0 saturated heterocycles. The van der Waals surface area contributed by atoms with Crippen molar-refractivity contribution in [2.45, 2.75) is 18.6 Å². The average Bonchev–Trinajstić information content (AvgIpc) is 4.28. The molecular formula is C53H20F4N6O6S4. The van der Waals surface area contributed by atoms with Crippen molar-refractivity contribution in [3.8, 4) is 34.0 Å². The first-order chi connectivity index (χ1) is 35.3. The van der Waals surface area contributed by atoms with Gasteiger partial charge in [-0.15, -0.1) is 45.3 Å². The smallest absolute Gasteiger partial charge is 0.333 e. The fourth-order valence-corrected chi connectivity index (χ4v) is 14.4. The zero-order chi connectivity index (χ0) is 51.0. The van der Waals surface area contributed by atoms with Crippen molar-refractivity contribution < 1.29 is 46.2 Å². The second kappa shape index (κ2) is 17.7. The van der Waals surface area contributed by atoms with Crippen LogP contribution in [-0.4, -0.2) is 34.9 Å². The Morgan fingerprint density at radius 2 is 0.877 bits per heavy atom. The maximum atomic E-state index is 15.5. The second-order valence-electron chi connectivity index (χ2n) is 16.2. The summed E-state index contributed by atoms with van der Waals surface area (Å²) in [4.78, 5) is 68.8. The standard InChI is InChI=1S/C53H20F4N6O6S4/c54-31-11-27-29(13-33(31)56)45(64)43(39(27)25(17-58)18-59)62-37-15-35-47(72-37)41-49(70-35)50-42(53(41,51(66)68-21-23-7-3-1-4-8-23)52(67)69-22-24-9-5-2-6-10-24)48-36(71-50)16-38(73-48)63-44-40(26(19-60)20-61)28-12-32(55)34(57)14-30(28)46(44)65/h1-16H,21-22H2. The molecule has 0 N–H and O–H groups in total. The van der Waals surface area contributed by atoms with Crippen LogP contribution in [0.5, 0.6) is 0 Å². The highest BCUT2D eigenvalue weighted by Crippen LogP contribution is 2.64. The van der Waals surface area contributed by atoms with E-state index in [9.17, 15) is 48.2 Å². The van der Waals surface area contributed by atoms with Crippen LogP contribution in [0, 0.1) is 68.6 Å². The lowest BCUT2D eigenvalue weighted by molar-refractivity contribution is -0.164. The lowest BCUT2D eigenvalue weighted by Crippen LogP contribution is -2.45. The molecular weight excluding hydrogens is 1020 g/mol. The number of thiophene rings is 4. The normalized spacial score (nSPS) is 14.9. The molecule has 3 aliphatic carbocycles. The van der Waals surface area contributed by atoms with Gasteiger partial charge in [-0.25, -0.2) is 27.5 Å². The van der Waals surface area contributed by atoms with Crippen LogP contribution in [0.1, 0.15) is 54.1 Å². The van der Waals surface area contributed by atoms with Crippen molar-refractivity contribution in [2.75, 3.05) is 0 Å². The summed E-state index contributed by atoms with van der Waals surface area (Å²) in [6.07, 6.45) is 0. The Bertz CT molecular complexity index is 3880. The first kappa shape index (κ1) is 46.4. The van der Waals surface area contributed by atoms with Crippen LogP contribution in [0.4, 0.5) is 27.6 Å². The summed E-state index contributed by atoms with van der Waals surface area (Å²) < 4.78 is 72.1. The lowest BCUT2D eigenvalue weighted by Gasteiger charge is -2.27. The van der Waals surface area contributed by atoms with Crippen molar-refractivity contribution in [1.82, 2.24) is 0 Å². The molecule has 0 atom stereocenters. The number of allylic oxidation sites excluding steroid dienone is 4. The van der Waals surface area contributed by atoms with Crippen LogP contribution < -0.4 is 0 Å². The molecule has 8 aromatic rings. The average molecular weight is 1040 g/mol. The third-order valence-corrected chi connectivity index (χ3v) is 16.9. The Kier molecular flexibility index (Phi) is 11.2. The van der Waals surface area contributed by atoms with Crippen LogP contribution in [0.2, 0.25) is 0 Å². The summed E-state index contributed by atoms with van der Waals surface area (Å²) in [5.41, 5.74) is -4.66. The van der Waals surface area contributed by atoms with Gasteiger partial charge in [-0.3, -0.25) is 19.2 Å². The highest BCUT2D eigenvalue weighted by Gasteiger charge is 2.62. The molecule has 4 aromatic heterocycles. The SMILES string of the molecule is N#CC(C#N)=C1C(=Nc2cc3sc4c(c3s2)C(C(=O)OCc2ccccc2)(C(=O)OCc2ccccc2)c2c-4sc3cc(N=C4C(=O)c5cc(F)c(F)cc5C4=C(C#N)C#N)sc23)C(=O)c2cc(F)c(F)cc21. The number of ether oxygens (including phenoxy) is 2. The number of hydrogen-bond donors (Lipinski definition) is 0. The number of nitriles is 4. The van der Waals surface area contributed by atoms with E-state index in [1.807, 2.05) is 0 Å². The molecule has 350 valence electrons. The number of ketones is 2. The molecule has 4 aromatic carbocycles. The van der Waals surface area contributed by atoms with Gasteiger partial charge in [0, 0.05) is 53.9 Å². The van der Waals surface area contributed by atoms with Gasteiger partial charge in [0.25, 0.3) is 0 Å². The van der Waals surface area contributed by atoms with Crippen LogP contribution in [0.15, 0.2) is 118 Å². The Balaban J connectivity index is 1.12. The number of aliphatic imine (C=N–C) groups is 2. The van der Waals surface area contributed by atoms with Crippen molar-refractivity contribution >= 4 is 120 Å². The van der Waals surface area contributed by atoms with Crippen molar-refractivity contribution in [1.29, 1.82) is 21.0 Å². The fraction of sp³-hybridized carbons (Fsp3) is 0.0566. The van der Waals surface area contributed by atoms with Gasteiger partial charge >= 0.3 is 11.9 Å². The number of nitrogens with zero attached hydrogens (tertiary/aromatic N) is 6. The molecule has 11 rings (SSSR count). The minimum Gasteiger partial charge on any atom is -0.459 e. The molecule has 0 amide bonds. The minimum atomic E-state index is -2.40. The quantitative estimate of drug-likeness (QED) is 0.0609. The summed E-state index contributed by atoms with van der Waals surface area (Å²) in [7, 11) is 0. The van der Waals surface area contributed by atoms with Gasteiger partial charge in [-0.1, -0.05) is 60.7 Å². The monoisotopic (exact) mass is 1040 g/mol. The van der Waals surface area contributed by atoms with Gasteiger partial charge in [0.1, 0.15) is 70.1 Å². The van der Waals surface area contributed by atoms with Crippen LogP contribution in [0.3, 0.4) is 0 Å². The van der Waals surface area contributed by atoms with E-state index in [2.05, 4.69) is 9.98 Å². The Morgan fingerprint density at radius 3 is 1.23 bits per heavy atom. The Morgan fingerprint density at radius 1 is 0.521 bits per heavy atom. The molecule has 0 spiro atoms. The molecule has 73 heavy (non-hydrogen) atoms. The molecule has 0 unspecified atom stereocenters. The summed E-state index contributed by atoms with van der Waals surface area (Å²) in [6.45, 7) is -0.576. The highest BCUT2D eigenvalue weighted by atomic mass is 32.1. The number of hydrogen-bond acceptors (Lipinski definition) is 16. The van der Waals surface area contributed by atoms with Crippen molar-refractivity contribution in [3.05, 3.63) is 176 Å². The van der Waals surface area contributed by atoms with E-state index in [0.29, 0.717) is 63.9 Å². The molecule has 0 radical (unpaired) electrons. The van der Waals surface area contributed by atoms with E-state index in [-0.39, 0.29) is 67.7 Å². The largest absolute Gasteiger partial charge is 0.459 e. The number of rotatable bonds is 8. The van der Waals surface area contributed by atoms with Crippen molar-refractivity contribution in [2.24, 2.45) is 9.98 Å². The minimum absolute atomic E-state index is 0.0904. The molecule has 0 bridgehead atoms. The summed E-state index contributed by atoms with van der Waals surface area (Å²) in [6, 6.07) is 30.1. The molecule has 0 saturated carbocycles. The van der Waals surface area contributed by atoms with Gasteiger partial charge in [-0.2, -0.15) is 21.0 Å². The van der Waals surface area contributed by atoms with Gasteiger partial charge < -0.3 is 9.47 Å². The third kappa shape index (κ3) is 7.15. The number of esters is 2. The molecule has 12 nitrogen and oxygen atoms in total. The predicted octanol–water partition coefficient (Wildman–Crippen LogP) is 12.1. The van der Waals surface area contributed by atoms with Crippen molar-refractivity contribution in [3.63, 3.8) is 0 Å². The van der Waals surface area contributed by atoms with E-state index in [0.717, 1.165) is 22.7 Å². The molecule has 3 aliphatic rings. The molecule has 0 aliphatic heterocycles. The Labute approximate surface area is 423 Å². The topological polar surface area (TPSA) is 207 Å². The van der Waals surface area contributed by atoms with Gasteiger partial charge in [0.15, 0.2) is 23.3 Å². The second-order valence-corrected chi connectivity index (χ2v) is 20.4. The van der Waals surface area contributed by atoms with Gasteiger partial charge in [-0.05, 0) is 47.5 Å². The number of Topliss-reactive ketones (excluding diaryl/α,β-unsaturated/α-hetero) is 2. The van der Waals surface area contributed by atoms with Crippen LogP contribution >= 0.6 is 45.3 Å². The number of carbonyl (C=O) groups excluding carboxylic acids is 4. The number of halogens is 4. The first-order valence-corrected chi connectivity index (χ1v) is 24.5. The van der Waals surface area contributed by atoms with E-state index in [1.54, 1.807) is 97.1 Å².